The van der Waals surface area contributed by atoms with Crippen LogP contribution in [0, 0.1) is 0 Å². The highest BCUT2D eigenvalue weighted by Gasteiger charge is 2.02. The number of para-hydroxylation sites is 1. The SMILES string of the molecule is O=C(CCC=Cc1ccccc1)NCc1ccccc1O. The summed E-state index contributed by atoms with van der Waals surface area (Å²) >= 11 is 0. The predicted octanol–water partition coefficient (Wildman–Crippen LogP) is 3.50. The smallest absolute Gasteiger partial charge is 0.220 e. The summed E-state index contributed by atoms with van der Waals surface area (Å²) in [5.74, 6) is 0.192. The summed E-state index contributed by atoms with van der Waals surface area (Å²) < 4.78 is 0. The molecule has 0 unspecified atom stereocenters. The van der Waals surface area contributed by atoms with Crippen LogP contribution in [0.3, 0.4) is 0 Å². The van der Waals surface area contributed by atoms with Gasteiger partial charge in [0.05, 0.1) is 0 Å². The van der Waals surface area contributed by atoms with Gasteiger partial charge in [-0.15, -0.1) is 0 Å². The van der Waals surface area contributed by atoms with Gasteiger partial charge in [0.15, 0.2) is 0 Å². The first-order valence-electron chi connectivity index (χ1n) is 7.01. The lowest BCUT2D eigenvalue weighted by atomic mass is 10.2. The first-order valence-corrected chi connectivity index (χ1v) is 7.01. The normalized spacial score (nSPS) is 10.7. The molecule has 0 atom stereocenters. The zero-order valence-electron chi connectivity index (χ0n) is 11.8. The summed E-state index contributed by atoms with van der Waals surface area (Å²) in [6, 6.07) is 17.0. The van der Waals surface area contributed by atoms with E-state index in [0.29, 0.717) is 19.4 Å². The van der Waals surface area contributed by atoms with Gasteiger partial charge in [-0.1, -0.05) is 60.7 Å². The Morgan fingerprint density at radius 3 is 2.52 bits per heavy atom. The molecule has 0 saturated heterocycles. The van der Waals surface area contributed by atoms with E-state index in [2.05, 4.69) is 5.32 Å². The number of amides is 1. The van der Waals surface area contributed by atoms with Crippen LogP contribution in [0.2, 0.25) is 0 Å². The number of phenolic OH excluding ortho intramolecular Hbond substituents is 1. The maximum Gasteiger partial charge on any atom is 0.220 e. The monoisotopic (exact) mass is 281 g/mol. The van der Waals surface area contributed by atoms with Crippen molar-refractivity contribution in [3.63, 3.8) is 0 Å². The number of benzene rings is 2. The molecule has 0 saturated carbocycles. The minimum Gasteiger partial charge on any atom is -0.508 e. The number of carbonyl (C=O) groups is 1. The molecule has 0 heterocycles. The third kappa shape index (κ3) is 5.15. The number of carbonyl (C=O) groups excluding carboxylic acids is 1. The molecule has 0 fully saturated rings. The lowest BCUT2D eigenvalue weighted by molar-refractivity contribution is -0.121. The molecule has 2 N–H and O–H groups in total. The molecule has 2 rings (SSSR count). The van der Waals surface area contributed by atoms with Crippen LogP contribution < -0.4 is 5.32 Å². The fourth-order valence-corrected chi connectivity index (χ4v) is 1.94. The Hall–Kier alpha value is -2.55. The van der Waals surface area contributed by atoms with Crippen LogP contribution in [0.25, 0.3) is 6.08 Å². The Labute approximate surface area is 124 Å². The van der Waals surface area contributed by atoms with Gasteiger partial charge in [-0.05, 0) is 18.1 Å². The highest BCUT2D eigenvalue weighted by Crippen LogP contribution is 2.14. The lowest BCUT2D eigenvalue weighted by Gasteiger charge is -2.06. The molecule has 0 aliphatic carbocycles. The van der Waals surface area contributed by atoms with Gasteiger partial charge in [-0.25, -0.2) is 0 Å². The topological polar surface area (TPSA) is 49.3 Å². The molecule has 2 aromatic carbocycles. The van der Waals surface area contributed by atoms with Crippen LogP contribution in [0.4, 0.5) is 0 Å². The number of nitrogens with one attached hydrogen (secondary N) is 1. The van der Waals surface area contributed by atoms with Gasteiger partial charge in [0.2, 0.25) is 5.91 Å². The largest absolute Gasteiger partial charge is 0.508 e. The van der Waals surface area contributed by atoms with Crippen molar-refractivity contribution in [1.29, 1.82) is 0 Å². The van der Waals surface area contributed by atoms with E-state index in [-0.39, 0.29) is 11.7 Å². The summed E-state index contributed by atoms with van der Waals surface area (Å²) in [4.78, 5) is 11.7. The maximum absolute atomic E-state index is 11.7. The van der Waals surface area contributed by atoms with Crippen molar-refractivity contribution in [2.24, 2.45) is 0 Å². The second-order valence-corrected chi connectivity index (χ2v) is 4.76. The Bertz CT molecular complexity index is 606. The van der Waals surface area contributed by atoms with Crippen molar-refractivity contribution in [3.05, 3.63) is 71.8 Å². The Kier molecular flexibility index (Phi) is 5.59. The summed E-state index contributed by atoms with van der Waals surface area (Å²) in [7, 11) is 0. The first-order chi connectivity index (χ1) is 10.3. The molecule has 108 valence electrons. The van der Waals surface area contributed by atoms with Crippen LogP contribution in [0.1, 0.15) is 24.0 Å². The van der Waals surface area contributed by atoms with Crippen LogP contribution in [-0.2, 0) is 11.3 Å². The van der Waals surface area contributed by atoms with Crippen molar-refractivity contribution < 1.29 is 9.90 Å². The molecular formula is C18H19NO2. The van der Waals surface area contributed by atoms with E-state index < -0.39 is 0 Å². The van der Waals surface area contributed by atoms with E-state index >= 15 is 0 Å². The highest BCUT2D eigenvalue weighted by molar-refractivity contribution is 5.76. The Balaban J connectivity index is 1.71. The lowest BCUT2D eigenvalue weighted by Crippen LogP contribution is -2.22. The third-order valence-corrected chi connectivity index (χ3v) is 3.12. The second-order valence-electron chi connectivity index (χ2n) is 4.76. The fourth-order valence-electron chi connectivity index (χ4n) is 1.94. The average molecular weight is 281 g/mol. The molecule has 0 aliphatic heterocycles. The molecule has 1 amide bonds. The highest BCUT2D eigenvalue weighted by atomic mass is 16.3. The zero-order valence-corrected chi connectivity index (χ0v) is 11.8. The Morgan fingerprint density at radius 2 is 1.76 bits per heavy atom. The minimum absolute atomic E-state index is 0.0176. The van der Waals surface area contributed by atoms with E-state index in [9.17, 15) is 9.90 Å². The van der Waals surface area contributed by atoms with Gasteiger partial charge < -0.3 is 10.4 Å². The first kappa shape index (κ1) is 14.9. The van der Waals surface area contributed by atoms with Crippen molar-refractivity contribution in [1.82, 2.24) is 5.32 Å². The summed E-state index contributed by atoms with van der Waals surface area (Å²) in [6.07, 6.45) is 5.14. The van der Waals surface area contributed by atoms with Gasteiger partial charge in [0, 0.05) is 18.5 Å². The number of allylic oxidation sites excluding steroid dienone is 1. The number of rotatable bonds is 6. The van der Waals surface area contributed by atoms with Crippen LogP contribution in [-0.4, -0.2) is 11.0 Å². The zero-order chi connectivity index (χ0) is 14.9. The average Bonchev–Trinajstić information content (AvgIpc) is 2.52. The molecule has 3 nitrogen and oxygen atoms in total. The molecule has 0 radical (unpaired) electrons. The van der Waals surface area contributed by atoms with Crippen LogP contribution in [0.15, 0.2) is 60.7 Å². The molecular weight excluding hydrogens is 262 g/mol. The second kappa shape index (κ2) is 7.90. The van der Waals surface area contributed by atoms with Gasteiger partial charge in [0.25, 0.3) is 0 Å². The number of hydrogen-bond donors (Lipinski definition) is 2. The van der Waals surface area contributed by atoms with Gasteiger partial charge in [-0.2, -0.15) is 0 Å². The van der Waals surface area contributed by atoms with E-state index in [1.54, 1.807) is 18.2 Å². The van der Waals surface area contributed by atoms with Crippen molar-refractivity contribution in [2.75, 3.05) is 0 Å². The van der Waals surface area contributed by atoms with Crippen molar-refractivity contribution >= 4 is 12.0 Å². The third-order valence-electron chi connectivity index (χ3n) is 3.12. The summed E-state index contributed by atoms with van der Waals surface area (Å²) in [5.41, 5.74) is 1.86. The van der Waals surface area contributed by atoms with E-state index in [4.69, 9.17) is 0 Å². The quantitative estimate of drug-likeness (QED) is 0.851. The molecule has 0 aliphatic rings. The maximum atomic E-state index is 11.7. The van der Waals surface area contributed by atoms with Gasteiger partial charge >= 0.3 is 0 Å². The molecule has 21 heavy (non-hydrogen) atoms. The van der Waals surface area contributed by atoms with Crippen LogP contribution >= 0.6 is 0 Å². The van der Waals surface area contributed by atoms with Gasteiger partial charge in [0.1, 0.15) is 5.75 Å². The number of hydrogen-bond acceptors (Lipinski definition) is 2. The molecule has 0 aromatic heterocycles. The van der Waals surface area contributed by atoms with E-state index in [1.165, 1.54) is 0 Å². The van der Waals surface area contributed by atoms with Crippen LogP contribution in [0.5, 0.6) is 5.75 Å². The standard InChI is InChI=1S/C18H19NO2/c20-17-12-6-5-11-16(17)14-19-18(21)13-7-4-10-15-8-2-1-3-9-15/h1-6,8-12,20H,7,13-14H2,(H,19,21). The summed E-state index contributed by atoms with van der Waals surface area (Å²) in [5, 5.41) is 12.4. The van der Waals surface area contributed by atoms with E-state index in [1.807, 2.05) is 48.6 Å². The fraction of sp³-hybridized carbons (Fsp3) is 0.167. The van der Waals surface area contributed by atoms with Crippen molar-refractivity contribution in [3.8, 4) is 5.75 Å². The van der Waals surface area contributed by atoms with Gasteiger partial charge in [-0.3, -0.25) is 4.79 Å². The van der Waals surface area contributed by atoms with Crippen molar-refractivity contribution in [2.45, 2.75) is 19.4 Å². The summed E-state index contributed by atoms with van der Waals surface area (Å²) in [6.45, 7) is 0.355. The molecule has 3 heteroatoms. The Morgan fingerprint density at radius 1 is 1.05 bits per heavy atom. The number of aromatic hydroxyl groups is 1. The minimum atomic E-state index is -0.0176. The van der Waals surface area contributed by atoms with E-state index in [0.717, 1.165) is 11.1 Å². The molecule has 0 bridgehead atoms. The number of phenols is 1. The predicted molar refractivity (Wildman–Crippen MR) is 84.7 cm³/mol. The molecule has 0 spiro atoms. The molecule has 2 aromatic rings.